The largest absolute Gasteiger partial charge is 0.483 e. The number of carbonyl (C=O) groups is 2. The van der Waals surface area contributed by atoms with Gasteiger partial charge < -0.3 is 14.4 Å². The fraction of sp³-hybridized carbons (Fsp3) is 0.368. The van der Waals surface area contributed by atoms with E-state index < -0.39 is 0 Å². The van der Waals surface area contributed by atoms with Gasteiger partial charge in [-0.25, -0.2) is 0 Å². The molecule has 1 aliphatic rings. The fourth-order valence-corrected chi connectivity index (χ4v) is 3.14. The van der Waals surface area contributed by atoms with E-state index in [1.807, 2.05) is 44.2 Å². The van der Waals surface area contributed by atoms with Gasteiger partial charge in [0.2, 0.25) is 0 Å². The molecule has 0 aromatic heterocycles. The van der Waals surface area contributed by atoms with Crippen molar-refractivity contribution in [3.8, 4) is 5.75 Å². The second-order valence-electron chi connectivity index (χ2n) is 6.16. The first kappa shape index (κ1) is 16.5. The second-order valence-corrected chi connectivity index (χ2v) is 6.16. The van der Waals surface area contributed by atoms with Crippen molar-refractivity contribution in [2.45, 2.75) is 26.1 Å². The topological polar surface area (TPSA) is 55.8 Å². The van der Waals surface area contributed by atoms with Crippen LogP contribution in [0.4, 0.5) is 0 Å². The summed E-state index contributed by atoms with van der Waals surface area (Å²) in [6.07, 6.45) is 0.814. The molecule has 126 valence electrons. The average molecular weight is 327 g/mol. The lowest BCUT2D eigenvalue weighted by Gasteiger charge is -2.35. The fourth-order valence-electron chi connectivity index (χ4n) is 3.14. The molecule has 0 aliphatic carbocycles. The van der Waals surface area contributed by atoms with Gasteiger partial charge in [-0.05, 0) is 30.7 Å². The molecule has 1 fully saturated rings. The monoisotopic (exact) mass is 327 g/mol. The lowest BCUT2D eigenvalue weighted by Crippen LogP contribution is -2.49. The molecule has 2 unspecified atom stereocenters. The van der Waals surface area contributed by atoms with Gasteiger partial charge in [0.15, 0.2) is 12.9 Å². The minimum atomic E-state index is -0.0954. The van der Waals surface area contributed by atoms with Gasteiger partial charge in [-0.1, -0.05) is 30.3 Å². The normalized spacial score (nSPS) is 20.8. The van der Waals surface area contributed by atoms with E-state index in [1.165, 1.54) is 0 Å². The molecular formula is C19H21NO4. The first-order valence-corrected chi connectivity index (χ1v) is 8.11. The molecule has 24 heavy (non-hydrogen) atoms. The maximum absolute atomic E-state index is 12.4. The number of nitrogens with zero attached hydrogens (tertiary/aromatic N) is 1. The summed E-state index contributed by atoms with van der Waals surface area (Å²) in [6.45, 7) is 4.93. The molecule has 1 amide bonds. The van der Waals surface area contributed by atoms with Crippen molar-refractivity contribution in [3.63, 3.8) is 0 Å². The van der Waals surface area contributed by atoms with Gasteiger partial charge in [0.1, 0.15) is 5.75 Å². The highest BCUT2D eigenvalue weighted by atomic mass is 16.5. The SMILES string of the molecule is CC1CN(C(=O)COc2ccc3ccccc3c2C=O)CC(C)O1. The van der Waals surface area contributed by atoms with Crippen LogP contribution in [0.1, 0.15) is 24.2 Å². The third-order valence-electron chi connectivity index (χ3n) is 4.17. The van der Waals surface area contributed by atoms with Crippen molar-refractivity contribution < 1.29 is 19.1 Å². The van der Waals surface area contributed by atoms with Crippen molar-refractivity contribution in [3.05, 3.63) is 42.0 Å². The molecule has 0 spiro atoms. The average Bonchev–Trinajstić information content (AvgIpc) is 2.58. The number of morpholine rings is 1. The molecule has 2 aromatic rings. The minimum absolute atomic E-state index is 0.0175. The van der Waals surface area contributed by atoms with Crippen LogP contribution in [0.15, 0.2) is 36.4 Å². The first-order chi connectivity index (χ1) is 11.6. The van der Waals surface area contributed by atoms with Crippen LogP contribution in [0.5, 0.6) is 5.75 Å². The van der Waals surface area contributed by atoms with Crippen molar-refractivity contribution in [1.29, 1.82) is 0 Å². The Kier molecular flexibility index (Phi) is 4.81. The van der Waals surface area contributed by atoms with E-state index in [0.717, 1.165) is 17.1 Å². The summed E-state index contributed by atoms with van der Waals surface area (Å²) in [7, 11) is 0. The predicted octanol–water partition coefficient (Wildman–Crippen LogP) is 2.67. The molecule has 2 aromatic carbocycles. The molecule has 1 aliphatic heterocycles. The number of amides is 1. The maximum Gasteiger partial charge on any atom is 0.260 e. The van der Waals surface area contributed by atoms with Crippen LogP contribution in [-0.4, -0.2) is 49.0 Å². The summed E-state index contributed by atoms with van der Waals surface area (Å²) >= 11 is 0. The van der Waals surface area contributed by atoms with Crippen molar-refractivity contribution in [2.75, 3.05) is 19.7 Å². The third-order valence-corrected chi connectivity index (χ3v) is 4.17. The van der Waals surface area contributed by atoms with Crippen LogP contribution >= 0.6 is 0 Å². The summed E-state index contributed by atoms with van der Waals surface area (Å²) in [5.41, 5.74) is 0.476. The molecule has 0 radical (unpaired) electrons. The summed E-state index contributed by atoms with van der Waals surface area (Å²) in [4.78, 5) is 25.6. The Morgan fingerprint density at radius 1 is 1.21 bits per heavy atom. The van der Waals surface area contributed by atoms with Crippen LogP contribution in [0.3, 0.4) is 0 Å². The lowest BCUT2D eigenvalue weighted by atomic mass is 10.0. The van der Waals surface area contributed by atoms with Crippen molar-refractivity contribution in [2.24, 2.45) is 0 Å². The van der Waals surface area contributed by atoms with Gasteiger partial charge in [0.25, 0.3) is 5.91 Å². The summed E-state index contributed by atoms with van der Waals surface area (Å²) in [5, 5.41) is 1.79. The second kappa shape index (κ2) is 7.01. The van der Waals surface area contributed by atoms with Gasteiger partial charge in [-0.15, -0.1) is 0 Å². The van der Waals surface area contributed by atoms with Crippen LogP contribution in [-0.2, 0) is 9.53 Å². The van der Waals surface area contributed by atoms with E-state index in [1.54, 1.807) is 11.0 Å². The highest BCUT2D eigenvalue weighted by molar-refractivity contribution is 6.00. The van der Waals surface area contributed by atoms with Crippen LogP contribution in [0, 0.1) is 0 Å². The van der Waals surface area contributed by atoms with Gasteiger partial charge in [0, 0.05) is 13.1 Å². The molecule has 0 saturated carbocycles. The Labute approximate surface area is 141 Å². The number of carbonyl (C=O) groups excluding carboxylic acids is 2. The summed E-state index contributed by atoms with van der Waals surface area (Å²) in [5.74, 6) is 0.341. The zero-order chi connectivity index (χ0) is 17.1. The maximum atomic E-state index is 12.4. The van der Waals surface area contributed by atoms with Crippen LogP contribution in [0.25, 0.3) is 10.8 Å². The van der Waals surface area contributed by atoms with Gasteiger partial charge in [0.05, 0.1) is 17.8 Å². The molecule has 2 atom stereocenters. The number of fused-ring (bicyclic) bond motifs is 1. The Balaban J connectivity index is 1.73. The van der Waals surface area contributed by atoms with E-state index in [4.69, 9.17) is 9.47 Å². The number of hydrogen-bond acceptors (Lipinski definition) is 4. The molecule has 1 saturated heterocycles. The van der Waals surface area contributed by atoms with E-state index in [9.17, 15) is 9.59 Å². The third kappa shape index (κ3) is 3.41. The molecule has 0 N–H and O–H groups in total. The zero-order valence-corrected chi connectivity index (χ0v) is 13.9. The van der Waals surface area contributed by atoms with E-state index in [0.29, 0.717) is 24.4 Å². The molecule has 1 heterocycles. The predicted molar refractivity (Wildman–Crippen MR) is 91.4 cm³/mol. The lowest BCUT2D eigenvalue weighted by molar-refractivity contribution is -0.145. The van der Waals surface area contributed by atoms with Gasteiger partial charge in [-0.3, -0.25) is 9.59 Å². The van der Waals surface area contributed by atoms with E-state index in [-0.39, 0.29) is 24.7 Å². The number of rotatable bonds is 4. The quantitative estimate of drug-likeness (QED) is 0.810. The highest BCUT2D eigenvalue weighted by Crippen LogP contribution is 2.26. The smallest absolute Gasteiger partial charge is 0.260 e. The Morgan fingerprint density at radius 3 is 2.62 bits per heavy atom. The Hall–Kier alpha value is -2.40. The number of ether oxygens (including phenoxy) is 2. The van der Waals surface area contributed by atoms with E-state index >= 15 is 0 Å². The van der Waals surface area contributed by atoms with Crippen LogP contribution < -0.4 is 4.74 Å². The van der Waals surface area contributed by atoms with Gasteiger partial charge in [-0.2, -0.15) is 0 Å². The highest BCUT2D eigenvalue weighted by Gasteiger charge is 2.26. The zero-order valence-electron chi connectivity index (χ0n) is 13.9. The first-order valence-electron chi connectivity index (χ1n) is 8.11. The summed E-state index contributed by atoms with van der Waals surface area (Å²) < 4.78 is 11.3. The molecule has 5 nitrogen and oxygen atoms in total. The molecule has 3 rings (SSSR count). The molecular weight excluding hydrogens is 306 g/mol. The minimum Gasteiger partial charge on any atom is -0.483 e. The summed E-state index contributed by atoms with van der Waals surface area (Å²) in [6, 6.07) is 11.2. The number of aldehydes is 1. The number of benzene rings is 2. The van der Waals surface area contributed by atoms with Crippen molar-refractivity contribution >= 4 is 23.0 Å². The Bertz CT molecular complexity index is 748. The molecule has 0 bridgehead atoms. The standard InChI is InChI=1S/C19H21NO4/c1-13-9-20(10-14(2)24-13)19(22)12-23-18-8-7-15-5-3-4-6-16(15)17(18)11-21/h3-8,11,13-14H,9-10,12H2,1-2H3. The van der Waals surface area contributed by atoms with E-state index in [2.05, 4.69) is 0 Å². The Morgan fingerprint density at radius 2 is 1.92 bits per heavy atom. The van der Waals surface area contributed by atoms with Crippen LogP contribution in [0.2, 0.25) is 0 Å². The number of hydrogen-bond donors (Lipinski definition) is 0. The van der Waals surface area contributed by atoms with Crippen molar-refractivity contribution in [1.82, 2.24) is 4.90 Å². The molecule has 5 heteroatoms. The van der Waals surface area contributed by atoms with Gasteiger partial charge >= 0.3 is 0 Å².